The zero-order valence-corrected chi connectivity index (χ0v) is 15.9. The van der Waals surface area contributed by atoms with Crippen molar-refractivity contribution in [2.75, 3.05) is 7.11 Å². The molecule has 0 bridgehead atoms. The second-order valence-corrected chi connectivity index (χ2v) is 6.14. The number of hydrogen-bond donors (Lipinski definition) is 0. The van der Waals surface area contributed by atoms with E-state index in [9.17, 15) is 13.2 Å². The van der Waals surface area contributed by atoms with Gasteiger partial charge in [0.1, 0.15) is 17.2 Å². The van der Waals surface area contributed by atoms with Gasteiger partial charge in [0, 0.05) is 6.07 Å². The fourth-order valence-corrected chi connectivity index (χ4v) is 2.55. The van der Waals surface area contributed by atoms with Crippen LogP contribution >= 0.6 is 0 Å². The molecule has 0 unspecified atom stereocenters. The molecule has 0 atom stereocenters. The molecule has 0 N–H and O–H groups in total. The summed E-state index contributed by atoms with van der Waals surface area (Å²) in [6.07, 6.45) is -2.74. The number of hydrogen-bond acceptors (Lipinski definition) is 5. The topological polar surface area (TPSA) is 53.5 Å². The van der Waals surface area contributed by atoms with E-state index >= 15 is 0 Å². The predicted octanol–water partition coefficient (Wildman–Crippen LogP) is 6.04. The average molecular weight is 404 g/mol. The highest BCUT2D eigenvalue weighted by atomic mass is 19.4. The van der Waals surface area contributed by atoms with Crippen LogP contribution in [0, 0.1) is 0 Å². The number of benzene rings is 2. The van der Waals surface area contributed by atoms with Crippen LogP contribution in [0.25, 0.3) is 0 Å². The molecule has 0 saturated carbocycles. The third kappa shape index (κ3) is 5.60. The van der Waals surface area contributed by atoms with Gasteiger partial charge in [-0.1, -0.05) is 19.4 Å². The Morgan fingerprint density at radius 2 is 1.55 bits per heavy atom. The van der Waals surface area contributed by atoms with Gasteiger partial charge in [-0.2, -0.15) is 18.2 Å². The molecule has 3 aromatic rings. The zero-order chi connectivity index (χ0) is 20.9. The Morgan fingerprint density at radius 1 is 0.862 bits per heavy atom. The fourth-order valence-electron chi connectivity index (χ4n) is 2.55. The monoisotopic (exact) mass is 404 g/mol. The van der Waals surface area contributed by atoms with Gasteiger partial charge in [-0.3, -0.25) is 0 Å². The van der Waals surface area contributed by atoms with Gasteiger partial charge in [0.2, 0.25) is 5.88 Å². The Kier molecular flexibility index (Phi) is 6.21. The number of nitrogens with zero attached hydrogens (tertiary/aromatic N) is 2. The van der Waals surface area contributed by atoms with Crippen LogP contribution in [0.15, 0.2) is 54.6 Å². The number of methoxy groups -OCH3 is 1. The van der Waals surface area contributed by atoms with Gasteiger partial charge in [0.15, 0.2) is 0 Å². The van der Waals surface area contributed by atoms with E-state index < -0.39 is 11.7 Å². The molecule has 0 spiro atoms. The molecule has 152 valence electrons. The highest BCUT2D eigenvalue weighted by molar-refractivity contribution is 5.38. The summed E-state index contributed by atoms with van der Waals surface area (Å²) in [6.45, 7) is 2.04. The van der Waals surface area contributed by atoms with Crippen molar-refractivity contribution < 1.29 is 27.4 Å². The highest BCUT2D eigenvalue weighted by Crippen LogP contribution is 2.33. The highest BCUT2D eigenvalue weighted by Gasteiger charge is 2.30. The van der Waals surface area contributed by atoms with E-state index in [1.54, 1.807) is 30.3 Å². The minimum atomic E-state index is -4.42. The predicted molar refractivity (Wildman–Crippen MR) is 101 cm³/mol. The summed E-state index contributed by atoms with van der Waals surface area (Å²) >= 11 is 0. The largest absolute Gasteiger partial charge is 0.467 e. The van der Waals surface area contributed by atoms with Crippen LogP contribution in [0.3, 0.4) is 0 Å². The number of rotatable bonds is 7. The minimum absolute atomic E-state index is 0.0956. The normalized spacial score (nSPS) is 11.2. The molecule has 0 saturated heterocycles. The van der Waals surface area contributed by atoms with Crippen molar-refractivity contribution in [2.45, 2.75) is 25.9 Å². The van der Waals surface area contributed by atoms with Gasteiger partial charge >= 0.3 is 12.2 Å². The number of alkyl halides is 3. The first-order valence-corrected chi connectivity index (χ1v) is 8.92. The van der Waals surface area contributed by atoms with Crippen LogP contribution in [-0.4, -0.2) is 17.1 Å². The second kappa shape index (κ2) is 8.81. The van der Waals surface area contributed by atoms with Crippen molar-refractivity contribution in [3.05, 3.63) is 65.9 Å². The Morgan fingerprint density at radius 3 is 2.17 bits per heavy atom. The number of ether oxygens (including phenoxy) is 3. The number of halogens is 3. The number of aryl methyl sites for hydroxylation is 1. The maximum Gasteiger partial charge on any atom is 0.416 e. The quantitative estimate of drug-likeness (QED) is 0.480. The van der Waals surface area contributed by atoms with Gasteiger partial charge in [-0.05, 0) is 48.9 Å². The van der Waals surface area contributed by atoms with E-state index in [2.05, 4.69) is 9.97 Å². The van der Waals surface area contributed by atoms with Crippen LogP contribution in [0.4, 0.5) is 13.2 Å². The van der Waals surface area contributed by atoms with Crippen LogP contribution in [0.5, 0.6) is 29.1 Å². The van der Waals surface area contributed by atoms with E-state index in [0.29, 0.717) is 17.4 Å². The SMILES string of the molecule is CCCc1cc(Oc2ccc(Oc3cccc(C(F)(F)F)c3)cc2)nc(OC)n1. The third-order valence-corrected chi connectivity index (χ3v) is 3.87. The zero-order valence-electron chi connectivity index (χ0n) is 15.9. The summed E-state index contributed by atoms with van der Waals surface area (Å²) in [5.74, 6) is 1.30. The van der Waals surface area contributed by atoms with Crippen LogP contribution in [-0.2, 0) is 12.6 Å². The maximum atomic E-state index is 12.8. The molecule has 1 aromatic heterocycles. The lowest BCUT2D eigenvalue weighted by molar-refractivity contribution is -0.137. The molecule has 0 aliphatic rings. The van der Waals surface area contributed by atoms with Gasteiger partial charge < -0.3 is 14.2 Å². The lowest BCUT2D eigenvalue weighted by Gasteiger charge is -2.11. The Balaban J connectivity index is 1.72. The lowest BCUT2D eigenvalue weighted by Crippen LogP contribution is -2.04. The van der Waals surface area contributed by atoms with Gasteiger partial charge in [-0.15, -0.1) is 0 Å². The minimum Gasteiger partial charge on any atom is -0.467 e. The molecule has 0 aliphatic heterocycles. The lowest BCUT2D eigenvalue weighted by atomic mass is 10.2. The molecule has 29 heavy (non-hydrogen) atoms. The summed E-state index contributed by atoms with van der Waals surface area (Å²) in [7, 11) is 1.48. The summed E-state index contributed by atoms with van der Waals surface area (Å²) in [6, 6.07) is 13.1. The van der Waals surface area contributed by atoms with E-state index in [4.69, 9.17) is 14.2 Å². The first-order chi connectivity index (χ1) is 13.9. The molecule has 0 fully saturated rings. The van der Waals surface area contributed by atoms with Crippen LogP contribution < -0.4 is 14.2 Å². The summed E-state index contributed by atoms with van der Waals surface area (Å²) in [5.41, 5.74) is 0.0365. The van der Waals surface area contributed by atoms with E-state index in [0.717, 1.165) is 30.7 Å². The summed E-state index contributed by atoms with van der Waals surface area (Å²) < 4.78 is 54.8. The standard InChI is InChI=1S/C21H19F3N2O3/c1-3-5-15-13-19(26-20(25-15)27-2)29-17-10-8-16(9-11-17)28-18-7-4-6-14(12-18)21(22,23)24/h4,6-13H,3,5H2,1-2H3. The number of aromatic nitrogens is 2. The molecule has 3 rings (SSSR count). The van der Waals surface area contributed by atoms with Crippen molar-refractivity contribution in [3.63, 3.8) is 0 Å². The Labute approximate surface area is 166 Å². The van der Waals surface area contributed by atoms with Crippen molar-refractivity contribution in [1.82, 2.24) is 9.97 Å². The van der Waals surface area contributed by atoms with Crippen molar-refractivity contribution >= 4 is 0 Å². The van der Waals surface area contributed by atoms with Crippen LogP contribution in [0.2, 0.25) is 0 Å². The molecule has 0 radical (unpaired) electrons. The van der Waals surface area contributed by atoms with Crippen molar-refractivity contribution in [1.29, 1.82) is 0 Å². The van der Waals surface area contributed by atoms with Crippen molar-refractivity contribution in [2.24, 2.45) is 0 Å². The van der Waals surface area contributed by atoms with E-state index in [1.165, 1.54) is 19.2 Å². The molecule has 8 heteroatoms. The molecule has 5 nitrogen and oxygen atoms in total. The maximum absolute atomic E-state index is 12.8. The Bertz CT molecular complexity index is 960. The smallest absolute Gasteiger partial charge is 0.416 e. The van der Waals surface area contributed by atoms with Crippen molar-refractivity contribution in [3.8, 4) is 29.1 Å². The van der Waals surface area contributed by atoms with Gasteiger partial charge in [0.25, 0.3) is 0 Å². The molecular formula is C21H19F3N2O3. The van der Waals surface area contributed by atoms with E-state index in [-0.39, 0.29) is 11.8 Å². The molecule has 1 heterocycles. The second-order valence-electron chi connectivity index (χ2n) is 6.14. The molecule has 2 aromatic carbocycles. The Hall–Kier alpha value is -3.29. The van der Waals surface area contributed by atoms with E-state index in [1.807, 2.05) is 6.92 Å². The average Bonchev–Trinajstić information content (AvgIpc) is 2.69. The fraction of sp³-hybridized carbons (Fsp3) is 0.238. The first-order valence-electron chi connectivity index (χ1n) is 8.92. The summed E-state index contributed by atoms with van der Waals surface area (Å²) in [5, 5.41) is 0. The van der Waals surface area contributed by atoms with Crippen LogP contribution in [0.1, 0.15) is 24.6 Å². The first kappa shape index (κ1) is 20.4. The van der Waals surface area contributed by atoms with Gasteiger partial charge in [0.05, 0.1) is 18.4 Å². The van der Waals surface area contributed by atoms with Gasteiger partial charge in [-0.25, -0.2) is 4.98 Å². The summed E-state index contributed by atoms with van der Waals surface area (Å²) in [4.78, 5) is 8.41. The third-order valence-electron chi connectivity index (χ3n) is 3.87. The molecule has 0 aliphatic carbocycles. The molecule has 0 amide bonds. The molecular weight excluding hydrogens is 385 g/mol.